The van der Waals surface area contributed by atoms with Gasteiger partial charge in [-0.15, -0.1) is 0 Å². The molecule has 0 bridgehead atoms. The number of hydrogen-bond donors (Lipinski definition) is 0. The molecule has 0 N–H and O–H groups in total. The molecule has 1 amide bonds. The number of carbonyl (C=O) groups is 1. The highest BCUT2D eigenvalue weighted by atomic mass is 32.2. The van der Waals surface area contributed by atoms with E-state index in [1.54, 1.807) is 11.0 Å². The number of amides is 1. The highest BCUT2D eigenvalue weighted by molar-refractivity contribution is 7.89. The highest BCUT2D eigenvalue weighted by Crippen LogP contribution is 2.25. The second-order valence-corrected chi connectivity index (χ2v) is 7.88. The van der Waals surface area contributed by atoms with Gasteiger partial charge in [0.2, 0.25) is 15.9 Å². The van der Waals surface area contributed by atoms with Crippen LogP contribution in [0.5, 0.6) is 0 Å². The molecule has 8 heteroatoms. The van der Waals surface area contributed by atoms with E-state index in [2.05, 4.69) is 9.55 Å². The predicted octanol–water partition coefficient (Wildman–Crippen LogP) is 1.11. The number of sulfonamides is 1. The second-order valence-electron chi connectivity index (χ2n) is 5.84. The molecule has 128 valence electrons. The second kappa shape index (κ2) is 6.37. The number of nitrogens with zero attached hydrogens (tertiary/aromatic N) is 4. The van der Waals surface area contributed by atoms with Crippen molar-refractivity contribution in [2.75, 3.05) is 20.1 Å². The standard InChI is InChI=1S/C16H20N4O3S/c1-13-15-6-4-8-19(15)9-10-20(13)16(21)12-18(2)24(22,23)14-5-3-7-17-11-14/h3-8,11,13H,9-10,12H2,1-2H3. The summed E-state index contributed by atoms with van der Waals surface area (Å²) in [5.74, 6) is -0.204. The summed E-state index contributed by atoms with van der Waals surface area (Å²) in [7, 11) is -2.31. The van der Waals surface area contributed by atoms with Crippen molar-refractivity contribution in [1.82, 2.24) is 18.8 Å². The zero-order valence-electron chi connectivity index (χ0n) is 13.7. The molecule has 2 aromatic heterocycles. The Morgan fingerprint density at radius 3 is 2.83 bits per heavy atom. The van der Waals surface area contributed by atoms with E-state index in [1.807, 2.05) is 25.3 Å². The molecule has 1 unspecified atom stereocenters. The number of rotatable bonds is 4. The molecule has 7 nitrogen and oxygen atoms in total. The van der Waals surface area contributed by atoms with Crippen LogP contribution in [0.4, 0.5) is 0 Å². The van der Waals surface area contributed by atoms with Crippen LogP contribution < -0.4 is 0 Å². The van der Waals surface area contributed by atoms with Crippen LogP contribution in [0.25, 0.3) is 0 Å². The Morgan fingerprint density at radius 2 is 2.12 bits per heavy atom. The van der Waals surface area contributed by atoms with Crippen LogP contribution in [-0.4, -0.2) is 53.2 Å². The van der Waals surface area contributed by atoms with Crippen LogP contribution in [0.15, 0.2) is 47.8 Å². The molecule has 24 heavy (non-hydrogen) atoms. The van der Waals surface area contributed by atoms with E-state index < -0.39 is 10.0 Å². The molecule has 0 saturated carbocycles. The predicted molar refractivity (Wildman–Crippen MR) is 88.6 cm³/mol. The zero-order valence-corrected chi connectivity index (χ0v) is 14.5. The summed E-state index contributed by atoms with van der Waals surface area (Å²) in [5.41, 5.74) is 1.06. The molecule has 0 aliphatic carbocycles. The third kappa shape index (κ3) is 2.94. The normalized spacial score (nSPS) is 17.8. The van der Waals surface area contributed by atoms with Gasteiger partial charge in [-0.05, 0) is 31.2 Å². The van der Waals surface area contributed by atoms with E-state index >= 15 is 0 Å². The molecular weight excluding hydrogens is 328 g/mol. The molecule has 0 fully saturated rings. The molecule has 2 aromatic rings. The quantitative estimate of drug-likeness (QED) is 0.829. The summed E-state index contributed by atoms with van der Waals surface area (Å²) in [6.07, 6.45) is 4.79. The molecule has 0 saturated heterocycles. The average Bonchev–Trinajstić information content (AvgIpc) is 3.05. The fraction of sp³-hybridized carbons (Fsp3) is 0.375. The van der Waals surface area contributed by atoms with Gasteiger partial charge in [-0.1, -0.05) is 0 Å². The largest absolute Gasteiger partial charge is 0.348 e. The van der Waals surface area contributed by atoms with E-state index in [1.165, 1.54) is 25.5 Å². The fourth-order valence-corrected chi connectivity index (χ4v) is 4.05. The number of aromatic nitrogens is 2. The Balaban J connectivity index is 1.73. The first-order valence-electron chi connectivity index (χ1n) is 7.72. The molecule has 0 aromatic carbocycles. The van der Waals surface area contributed by atoms with E-state index in [4.69, 9.17) is 0 Å². The number of carbonyl (C=O) groups excluding carboxylic acids is 1. The monoisotopic (exact) mass is 348 g/mol. The van der Waals surface area contributed by atoms with Gasteiger partial charge < -0.3 is 9.47 Å². The van der Waals surface area contributed by atoms with Gasteiger partial charge in [-0.25, -0.2) is 8.42 Å². The zero-order chi connectivity index (χ0) is 17.3. The maximum Gasteiger partial charge on any atom is 0.244 e. The van der Waals surface area contributed by atoms with E-state index in [0.29, 0.717) is 6.54 Å². The Hall–Kier alpha value is -2.19. The summed E-state index contributed by atoms with van der Waals surface area (Å²) in [5, 5.41) is 0. The van der Waals surface area contributed by atoms with Crippen molar-refractivity contribution in [3.63, 3.8) is 0 Å². The minimum absolute atomic E-state index is 0.0734. The van der Waals surface area contributed by atoms with E-state index in [0.717, 1.165) is 16.5 Å². The first-order chi connectivity index (χ1) is 11.4. The van der Waals surface area contributed by atoms with Crippen LogP contribution in [0.1, 0.15) is 18.7 Å². The minimum atomic E-state index is -3.72. The van der Waals surface area contributed by atoms with Crippen molar-refractivity contribution in [2.45, 2.75) is 24.4 Å². The van der Waals surface area contributed by atoms with E-state index in [-0.39, 0.29) is 23.4 Å². The van der Waals surface area contributed by atoms with Gasteiger partial charge in [0, 0.05) is 44.4 Å². The van der Waals surface area contributed by atoms with Crippen molar-refractivity contribution >= 4 is 15.9 Å². The number of likely N-dealkylation sites (N-methyl/N-ethyl adjacent to an activating group) is 1. The number of fused-ring (bicyclic) bond motifs is 1. The van der Waals surface area contributed by atoms with Gasteiger partial charge in [-0.3, -0.25) is 9.78 Å². The first kappa shape index (κ1) is 16.7. The lowest BCUT2D eigenvalue weighted by molar-refractivity contribution is -0.134. The molecule has 1 atom stereocenters. The molecule has 3 heterocycles. The average molecular weight is 348 g/mol. The Labute approximate surface area is 141 Å². The van der Waals surface area contributed by atoms with Gasteiger partial charge in [0.15, 0.2) is 0 Å². The smallest absolute Gasteiger partial charge is 0.244 e. The summed E-state index contributed by atoms with van der Waals surface area (Å²) in [4.78, 5) is 18.3. The molecular formula is C16H20N4O3S. The van der Waals surface area contributed by atoms with Gasteiger partial charge in [-0.2, -0.15) is 4.31 Å². The van der Waals surface area contributed by atoms with Gasteiger partial charge in [0.05, 0.1) is 12.6 Å². The Kier molecular flexibility index (Phi) is 4.42. The van der Waals surface area contributed by atoms with Crippen LogP contribution in [0, 0.1) is 0 Å². The lowest BCUT2D eigenvalue weighted by atomic mass is 10.1. The van der Waals surface area contributed by atoms with Crippen LogP contribution >= 0.6 is 0 Å². The molecule has 0 spiro atoms. The van der Waals surface area contributed by atoms with Crippen molar-refractivity contribution in [1.29, 1.82) is 0 Å². The van der Waals surface area contributed by atoms with Gasteiger partial charge in [0.1, 0.15) is 4.90 Å². The van der Waals surface area contributed by atoms with Crippen molar-refractivity contribution in [2.24, 2.45) is 0 Å². The van der Waals surface area contributed by atoms with Crippen LogP contribution in [0.3, 0.4) is 0 Å². The summed E-state index contributed by atoms with van der Waals surface area (Å²) in [6.45, 7) is 3.06. The number of pyridine rings is 1. The third-order valence-corrected chi connectivity index (χ3v) is 6.15. The lowest BCUT2D eigenvalue weighted by Crippen LogP contribution is -2.46. The van der Waals surface area contributed by atoms with Crippen molar-refractivity contribution < 1.29 is 13.2 Å². The minimum Gasteiger partial charge on any atom is -0.348 e. The van der Waals surface area contributed by atoms with Crippen LogP contribution in [-0.2, 0) is 21.4 Å². The molecule has 1 aliphatic heterocycles. The topological polar surface area (TPSA) is 75.5 Å². The summed E-state index contributed by atoms with van der Waals surface area (Å²) < 4.78 is 28.2. The Morgan fingerprint density at radius 1 is 1.33 bits per heavy atom. The van der Waals surface area contributed by atoms with Crippen molar-refractivity contribution in [3.8, 4) is 0 Å². The SMILES string of the molecule is CC1c2cccn2CCN1C(=O)CN(C)S(=O)(=O)c1cccnc1. The third-order valence-electron chi connectivity index (χ3n) is 4.36. The number of hydrogen-bond acceptors (Lipinski definition) is 4. The first-order valence-corrected chi connectivity index (χ1v) is 9.16. The Bertz CT molecular complexity index is 832. The fourth-order valence-electron chi connectivity index (χ4n) is 2.97. The lowest BCUT2D eigenvalue weighted by Gasteiger charge is -2.35. The van der Waals surface area contributed by atoms with Crippen LogP contribution in [0.2, 0.25) is 0 Å². The summed E-state index contributed by atoms with van der Waals surface area (Å²) >= 11 is 0. The van der Waals surface area contributed by atoms with Gasteiger partial charge in [0.25, 0.3) is 0 Å². The molecule has 3 rings (SSSR count). The molecule has 0 radical (unpaired) electrons. The van der Waals surface area contributed by atoms with E-state index in [9.17, 15) is 13.2 Å². The molecule has 1 aliphatic rings. The van der Waals surface area contributed by atoms with Gasteiger partial charge >= 0.3 is 0 Å². The maximum absolute atomic E-state index is 12.6. The highest BCUT2D eigenvalue weighted by Gasteiger charge is 2.30. The van der Waals surface area contributed by atoms with Crippen molar-refractivity contribution in [3.05, 3.63) is 48.5 Å². The maximum atomic E-state index is 12.6. The summed E-state index contributed by atoms with van der Waals surface area (Å²) in [6, 6.07) is 6.90.